The third-order valence-electron chi connectivity index (χ3n) is 4.42. The minimum atomic E-state index is -0.565. The lowest BCUT2D eigenvalue weighted by Gasteiger charge is -2.13. The summed E-state index contributed by atoms with van der Waals surface area (Å²) in [5.41, 5.74) is 1.19. The molecular formula is C22H13BrCl2N2O4S. The Kier molecular flexibility index (Phi) is 6.76. The zero-order valence-electron chi connectivity index (χ0n) is 16.1. The fourth-order valence-electron chi connectivity index (χ4n) is 2.93. The summed E-state index contributed by atoms with van der Waals surface area (Å²) in [4.78, 5) is 38.4. The molecule has 0 spiro atoms. The van der Waals surface area contributed by atoms with Crippen molar-refractivity contribution in [3.63, 3.8) is 0 Å². The van der Waals surface area contributed by atoms with Gasteiger partial charge in [-0.3, -0.25) is 19.3 Å². The monoisotopic (exact) mass is 550 g/mol. The number of hydrogen-bond donors (Lipinski definition) is 1. The number of anilines is 1. The van der Waals surface area contributed by atoms with Crippen LogP contribution in [0.5, 0.6) is 0 Å². The van der Waals surface area contributed by atoms with Crippen molar-refractivity contribution >= 4 is 79.7 Å². The van der Waals surface area contributed by atoms with Crippen LogP contribution in [-0.2, 0) is 9.59 Å². The van der Waals surface area contributed by atoms with Crippen LogP contribution in [0.25, 0.3) is 17.4 Å². The van der Waals surface area contributed by atoms with Crippen LogP contribution in [0.3, 0.4) is 0 Å². The summed E-state index contributed by atoms with van der Waals surface area (Å²) in [5.74, 6) is -0.193. The zero-order chi connectivity index (χ0) is 22.8. The summed E-state index contributed by atoms with van der Waals surface area (Å²) in [5, 5.41) is 3.07. The Labute approximate surface area is 205 Å². The van der Waals surface area contributed by atoms with E-state index in [0.717, 1.165) is 16.7 Å². The Morgan fingerprint density at radius 3 is 2.66 bits per heavy atom. The Balaban J connectivity index is 1.47. The summed E-state index contributed by atoms with van der Waals surface area (Å²) < 4.78 is 6.45. The molecule has 6 nitrogen and oxygen atoms in total. The van der Waals surface area contributed by atoms with Crippen molar-refractivity contribution in [1.82, 2.24) is 4.90 Å². The number of benzene rings is 2. The van der Waals surface area contributed by atoms with Crippen molar-refractivity contribution in [2.75, 3.05) is 11.9 Å². The van der Waals surface area contributed by atoms with E-state index in [9.17, 15) is 14.4 Å². The Bertz CT molecular complexity index is 1270. The van der Waals surface area contributed by atoms with Gasteiger partial charge in [0.15, 0.2) is 0 Å². The van der Waals surface area contributed by atoms with Crippen LogP contribution in [0.2, 0.25) is 10.0 Å². The minimum absolute atomic E-state index is 0.159. The predicted octanol–water partition coefficient (Wildman–Crippen LogP) is 6.69. The molecule has 3 amide bonds. The molecule has 0 bridgehead atoms. The first kappa shape index (κ1) is 22.7. The van der Waals surface area contributed by atoms with Crippen LogP contribution < -0.4 is 5.32 Å². The molecule has 32 heavy (non-hydrogen) atoms. The molecule has 1 N–H and O–H groups in total. The van der Waals surface area contributed by atoms with Gasteiger partial charge in [0.25, 0.3) is 11.1 Å². The maximum Gasteiger partial charge on any atom is 0.294 e. The van der Waals surface area contributed by atoms with Gasteiger partial charge in [-0.1, -0.05) is 35.3 Å². The predicted molar refractivity (Wildman–Crippen MR) is 130 cm³/mol. The van der Waals surface area contributed by atoms with Crippen molar-refractivity contribution in [1.29, 1.82) is 0 Å². The fraction of sp³-hybridized carbons (Fsp3) is 0.0455. The van der Waals surface area contributed by atoms with E-state index >= 15 is 0 Å². The summed E-state index contributed by atoms with van der Waals surface area (Å²) in [6, 6.07) is 15.4. The van der Waals surface area contributed by atoms with Crippen LogP contribution in [0.15, 0.2) is 68.4 Å². The van der Waals surface area contributed by atoms with Crippen LogP contribution >= 0.6 is 50.9 Å². The Hall–Kier alpha value is -2.52. The molecule has 0 unspecified atom stereocenters. The Morgan fingerprint density at radius 2 is 1.91 bits per heavy atom. The molecule has 162 valence electrons. The molecule has 3 aromatic rings. The van der Waals surface area contributed by atoms with Gasteiger partial charge in [0.1, 0.15) is 18.1 Å². The third-order valence-corrected chi connectivity index (χ3v) is 6.57. The molecule has 1 saturated heterocycles. The second-order valence-electron chi connectivity index (χ2n) is 6.62. The second-order valence-corrected chi connectivity index (χ2v) is 9.31. The van der Waals surface area contributed by atoms with Crippen LogP contribution in [0.4, 0.5) is 10.5 Å². The standard InChI is InChI=1S/C22H13BrCl2N2O4S/c23-15-3-1-2-4-17(15)26-20(28)11-27-21(29)19(32-22(27)30)10-13-6-8-18(31-13)14-7-5-12(24)9-16(14)25/h1-10H,11H2,(H,26,28)/b19-10+. The number of nitrogens with one attached hydrogen (secondary N) is 1. The van der Waals surface area contributed by atoms with Crippen LogP contribution in [0, 0.1) is 0 Å². The highest BCUT2D eigenvalue weighted by Crippen LogP contribution is 2.35. The van der Waals surface area contributed by atoms with E-state index < -0.39 is 23.6 Å². The van der Waals surface area contributed by atoms with Gasteiger partial charge in [0.05, 0.1) is 15.6 Å². The van der Waals surface area contributed by atoms with E-state index in [1.165, 1.54) is 6.08 Å². The molecule has 0 saturated carbocycles. The van der Waals surface area contributed by atoms with Gasteiger partial charge >= 0.3 is 0 Å². The van der Waals surface area contributed by atoms with Gasteiger partial charge in [-0.25, -0.2) is 0 Å². The van der Waals surface area contributed by atoms with E-state index in [1.54, 1.807) is 48.5 Å². The highest BCUT2D eigenvalue weighted by Gasteiger charge is 2.36. The molecule has 4 rings (SSSR count). The number of carbonyl (C=O) groups is 3. The number of thioether (sulfide) groups is 1. The molecule has 1 aliphatic heterocycles. The molecule has 1 aliphatic rings. The SMILES string of the molecule is O=C(CN1C(=O)S/C(=C/c2ccc(-c3ccc(Cl)cc3Cl)o2)C1=O)Nc1ccccc1Br. The largest absolute Gasteiger partial charge is 0.457 e. The number of furan rings is 1. The fourth-order valence-corrected chi connectivity index (χ4v) is 4.63. The highest BCUT2D eigenvalue weighted by atomic mass is 79.9. The number of rotatable bonds is 5. The number of para-hydroxylation sites is 1. The van der Waals surface area contributed by atoms with Gasteiger partial charge in [-0.05, 0) is 70.2 Å². The topological polar surface area (TPSA) is 79.6 Å². The number of nitrogens with zero attached hydrogens (tertiary/aromatic N) is 1. The highest BCUT2D eigenvalue weighted by molar-refractivity contribution is 9.10. The van der Waals surface area contributed by atoms with Crippen molar-refractivity contribution in [2.24, 2.45) is 0 Å². The quantitative estimate of drug-likeness (QED) is 0.357. The van der Waals surface area contributed by atoms with Crippen molar-refractivity contribution in [3.8, 4) is 11.3 Å². The van der Waals surface area contributed by atoms with E-state index in [-0.39, 0.29) is 4.91 Å². The molecule has 0 radical (unpaired) electrons. The van der Waals surface area contributed by atoms with Gasteiger partial charge in [0.2, 0.25) is 5.91 Å². The summed E-state index contributed by atoms with van der Waals surface area (Å²) in [6.07, 6.45) is 1.46. The lowest BCUT2D eigenvalue weighted by Crippen LogP contribution is -2.36. The van der Waals surface area contributed by atoms with Crippen LogP contribution in [-0.4, -0.2) is 28.5 Å². The molecule has 0 atom stereocenters. The van der Waals surface area contributed by atoms with E-state index in [0.29, 0.717) is 37.3 Å². The summed E-state index contributed by atoms with van der Waals surface area (Å²) >= 11 is 16.2. The van der Waals surface area contributed by atoms with Gasteiger partial charge in [0, 0.05) is 21.1 Å². The van der Waals surface area contributed by atoms with Crippen molar-refractivity contribution in [3.05, 3.63) is 79.8 Å². The minimum Gasteiger partial charge on any atom is -0.457 e. The van der Waals surface area contributed by atoms with Gasteiger partial charge in [-0.15, -0.1) is 0 Å². The maximum atomic E-state index is 12.7. The maximum absolute atomic E-state index is 12.7. The van der Waals surface area contributed by atoms with Gasteiger partial charge < -0.3 is 9.73 Å². The number of hydrogen-bond acceptors (Lipinski definition) is 5. The lowest BCUT2D eigenvalue weighted by atomic mass is 10.2. The molecule has 2 aromatic carbocycles. The second kappa shape index (κ2) is 9.54. The van der Waals surface area contributed by atoms with Crippen molar-refractivity contribution < 1.29 is 18.8 Å². The van der Waals surface area contributed by atoms with Gasteiger partial charge in [-0.2, -0.15) is 0 Å². The summed E-state index contributed by atoms with van der Waals surface area (Å²) in [7, 11) is 0. The third kappa shape index (κ3) is 4.94. The molecule has 1 aromatic heterocycles. The lowest BCUT2D eigenvalue weighted by molar-refractivity contribution is -0.127. The zero-order valence-corrected chi connectivity index (χ0v) is 20.0. The number of amides is 3. The molecular weight excluding hydrogens is 539 g/mol. The van der Waals surface area contributed by atoms with Crippen LogP contribution in [0.1, 0.15) is 5.76 Å². The molecule has 0 aliphatic carbocycles. The molecule has 2 heterocycles. The summed E-state index contributed by atoms with van der Waals surface area (Å²) in [6.45, 7) is -0.396. The average Bonchev–Trinajstić information content (AvgIpc) is 3.30. The van der Waals surface area contributed by atoms with E-state index in [1.807, 2.05) is 6.07 Å². The first-order valence-electron chi connectivity index (χ1n) is 9.17. The van der Waals surface area contributed by atoms with E-state index in [4.69, 9.17) is 27.6 Å². The smallest absolute Gasteiger partial charge is 0.294 e. The molecule has 10 heteroatoms. The first-order chi connectivity index (χ1) is 15.3. The normalized spacial score (nSPS) is 15.0. The number of halogens is 3. The van der Waals surface area contributed by atoms with Crippen molar-refractivity contribution in [2.45, 2.75) is 0 Å². The number of carbonyl (C=O) groups excluding carboxylic acids is 3. The number of imide groups is 1. The average molecular weight is 552 g/mol. The Morgan fingerprint density at radius 1 is 1.12 bits per heavy atom. The molecule has 1 fully saturated rings. The first-order valence-corrected chi connectivity index (χ1v) is 11.5. The van der Waals surface area contributed by atoms with E-state index in [2.05, 4.69) is 21.2 Å².